The molecule has 0 aromatic heterocycles. The molecule has 4 aliphatic carbocycles. The Bertz CT molecular complexity index is 748. The first-order valence-corrected chi connectivity index (χ1v) is 12.8. The number of aliphatic carboxylic acids is 1. The quantitative estimate of drug-likeness (QED) is 0.409. The summed E-state index contributed by atoms with van der Waals surface area (Å²) in [5, 5.41) is 32.9. The molecule has 5 unspecified atom stereocenters. The molecule has 0 bridgehead atoms. The Morgan fingerprint density at radius 2 is 1.79 bits per heavy atom. The number of rotatable bonds is 6. The van der Waals surface area contributed by atoms with Crippen molar-refractivity contribution in [3.8, 4) is 0 Å². The zero-order chi connectivity index (χ0) is 23.4. The normalized spacial score (nSPS) is 47.5. The van der Waals surface area contributed by atoms with Gasteiger partial charge in [0.05, 0.1) is 18.8 Å². The number of aliphatic hydroxyl groups excluding tert-OH is 2. The Balaban J connectivity index is 0.00000306. The predicted molar refractivity (Wildman–Crippen MR) is 119 cm³/mol. The van der Waals surface area contributed by atoms with Gasteiger partial charge in [-0.25, -0.2) is 0 Å². The van der Waals surface area contributed by atoms with E-state index in [-0.39, 0.29) is 105 Å². The number of hydrogen-bond acceptors (Lipinski definition) is 6. The number of fused-ring (bicyclic) bond motifs is 5. The molecular weight excluding hydrogens is 445 g/mol. The summed E-state index contributed by atoms with van der Waals surface area (Å²) < 4.78 is 0. The molecule has 4 aliphatic rings. The first kappa shape index (κ1) is 28.2. The number of carboxylic acid groups (broad SMARTS) is 1. The number of aliphatic hydroxyl groups is 2. The summed E-state index contributed by atoms with van der Waals surface area (Å²) in [5.41, 5.74) is 5.68. The summed E-state index contributed by atoms with van der Waals surface area (Å²) in [6.07, 6.45) is 5.85. The van der Waals surface area contributed by atoms with E-state index < -0.39 is 18.2 Å². The van der Waals surface area contributed by atoms with Crippen molar-refractivity contribution in [2.75, 3.05) is 6.54 Å². The molecule has 7 heteroatoms. The number of hydrogen-bond donors (Lipinski definition) is 3. The number of Topliss-reactive ketones (excluding diaryl/α,β-unsaturated/α-hetero) is 1. The van der Waals surface area contributed by atoms with Crippen LogP contribution in [0.15, 0.2) is 0 Å². The molecule has 0 aromatic rings. The van der Waals surface area contributed by atoms with Crippen LogP contribution in [0.5, 0.6) is 0 Å². The van der Waals surface area contributed by atoms with Gasteiger partial charge in [0.2, 0.25) is 0 Å². The van der Waals surface area contributed by atoms with Gasteiger partial charge in [0, 0.05) is 11.9 Å². The molecule has 4 N–H and O–H groups in total. The molecule has 4 fully saturated rings. The van der Waals surface area contributed by atoms with Gasteiger partial charge in [-0.1, -0.05) is 20.8 Å². The maximum absolute atomic E-state index is 12.9. The van der Waals surface area contributed by atoms with Gasteiger partial charge in [0.25, 0.3) is 0 Å². The van der Waals surface area contributed by atoms with E-state index in [1.807, 2.05) is 0 Å². The molecule has 6 nitrogen and oxygen atoms in total. The molecule has 33 heavy (non-hydrogen) atoms. The average molecular weight is 488 g/mol. The van der Waals surface area contributed by atoms with E-state index in [1.165, 1.54) is 0 Å². The number of nitrogens with two attached hydrogens (primary N) is 1. The van der Waals surface area contributed by atoms with Crippen LogP contribution in [0.3, 0.4) is 0 Å². The Morgan fingerprint density at radius 3 is 2.42 bits per heavy atom. The number of ketones is 1. The summed E-state index contributed by atoms with van der Waals surface area (Å²) in [7, 11) is 0. The minimum absolute atomic E-state index is 0. The van der Waals surface area contributed by atoms with Crippen molar-refractivity contribution in [1.29, 1.82) is 0 Å². The molecule has 182 valence electrons. The molecule has 4 saturated carbocycles. The van der Waals surface area contributed by atoms with Crippen molar-refractivity contribution in [2.24, 2.45) is 58.0 Å². The van der Waals surface area contributed by atoms with Crippen LogP contribution in [-0.2, 0) is 9.59 Å². The predicted octanol–water partition coefficient (Wildman–Crippen LogP) is -1.10. The van der Waals surface area contributed by atoms with Crippen LogP contribution in [0.4, 0.5) is 0 Å². The molecule has 0 aromatic carbocycles. The topological polar surface area (TPSA) is 124 Å². The van der Waals surface area contributed by atoms with Crippen molar-refractivity contribution in [3.05, 3.63) is 0 Å². The second-order valence-electron chi connectivity index (χ2n) is 12.1. The zero-order valence-corrected chi connectivity index (χ0v) is 24.1. The summed E-state index contributed by atoms with van der Waals surface area (Å²) in [6, 6.07) is 0. The monoisotopic (exact) mass is 487 g/mol. The minimum Gasteiger partial charge on any atom is -0.550 e. The first-order chi connectivity index (χ1) is 15.0. The van der Waals surface area contributed by atoms with E-state index in [1.54, 1.807) is 0 Å². The van der Waals surface area contributed by atoms with Crippen LogP contribution >= 0.6 is 0 Å². The van der Waals surface area contributed by atoms with Gasteiger partial charge in [0.15, 0.2) is 0 Å². The summed E-state index contributed by atoms with van der Waals surface area (Å²) >= 11 is 0. The van der Waals surface area contributed by atoms with Crippen LogP contribution in [0.1, 0.15) is 78.6 Å². The van der Waals surface area contributed by atoms with Gasteiger partial charge in [0.1, 0.15) is 5.78 Å². The van der Waals surface area contributed by atoms with E-state index in [4.69, 9.17) is 5.73 Å². The molecule has 0 amide bonds. The summed E-state index contributed by atoms with van der Waals surface area (Å²) in [5.74, 6) is 0.592. The average Bonchev–Trinajstić information content (AvgIpc) is 3.09. The van der Waals surface area contributed by atoms with Gasteiger partial charge < -0.3 is 25.8 Å². The Kier molecular flexibility index (Phi) is 9.04. The van der Waals surface area contributed by atoms with Crippen molar-refractivity contribution >= 4 is 11.8 Å². The minimum atomic E-state index is -0.975. The van der Waals surface area contributed by atoms with Crippen molar-refractivity contribution in [2.45, 2.75) is 90.8 Å². The second kappa shape index (κ2) is 10.6. The van der Waals surface area contributed by atoms with Crippen LogP contribution in [0.2, 0.25) is 0 Å². The fraction of sp³-hybridized carbons (Fsp3) is 0.923. The van der Waals surface area contributed by atoms with E-state index >= 15 is 0 Å². The smallest absolute Gasteiger partial charge is 0.550 e. The molecule has 0 spiro atoms. The number of carbonyl (C=O) groups is 2. The molecule has 0 radical (unpaired) electrons. The molecule has 0 aliphatic heterocycles. The summed E-state index contributed by atoms with van der Waals surface area (Å²) in [4.78, 5) is 24.0. The van der Waals surface area contributed by atoms with Gasteiger partial charge in [-0.15, -0.1) is 0 Å². The molecule has 11 atom stereocenters. The zero-order valence-electron chi connectivity index (χ0n) is 21.0. The Hall–Kier alpha value is 0.656. The summed E-state index contributed by atoms with van der Waals surface area (Å²) in [6.45, 7) is 6.82. The molecule has 0 saturated heterocycles. The van der Waals surface area contributed by atoms with Gasteiger partial charge in [-0.05, 0) is 104 Å². The van der Waals surface area contributed by atoms with Crippen LogP contribution in [-0.4, -0.2) is 40.7 Å². The maximum atomic E-state index is 12.9. The Labute approximate surface area is 241 Å². The fourth-order valence-corrected chi connectivity index (χ4v) is 9.45. The standard InChI is InChI=1S/C26H43NO5.K/c1-14(4-7-23(31)32)17-5-6-18-24-19(8-9-25(17,18)2)26(3)15(11-21(24)29)10-16(28)12-20(26)22(30)13-27;/h14-21,24,28-29H,4-13,27H2,1-3H3,(H,31,32);/q;+1/p-1/t14-,15?,16+,17-,18?,19?,20?,21-,24?,25-,26+;/m1./s1. The van der Waals surface area contributed by atoms with Crippen molar-refractivity contribution in [1.82, 2.24) is 0 Å². The van der Waals surface area contributed by atoms with Crippen LogP contribution in [0, 0.1) is 52.3 Å². The Morgan fingerprint density at radius 1 is 1.09 bits per heavy atom. The van der Waals surface area contributed by atoms with E-state index in [0.29, 0.717) is 43.4 Å². The third kappa shape index (κ3) is 4.72. The van der Waals surface area contributed by atoms with Gasteiger partial charge >= 0.3 is 51.4 Å². The largest absolute Gasteiger partial charge is 1.00 e. The van der Waals surface area contributed by atoms with E-state index in [9.17, 15) is 24.9 Å². The molecule has 4 rings (SSSR count). The van der Waals surface area contributed by atoms with Crippen molar-refractivity contribution in [3.63, 3.8) is 0 Å². The van der Waals surface area contributed by atoms with Gasteiger partial charge in [-0.3, -0.25) is 4.79 Å². The van der Waals surface area contributed by atoms with E-state index in [2.05, 4.69) is 20.8 Å². The van der Waals surface area contributed by atoms with Gasteiger partial charge in [-0.2, -0.15) is 0 Å². The third-order valence-electron chi connectivity index (χ3n) is 11.0. The molecular formula is C26H42KNO5. The first-order valence-electron chi connectivity index (χ1n) is 12.8. The van der Waals surface area contributed by atoms with Crippen molar-refractivity contribution < 1.29 is 76.3 Å². The third-order valence-corrected chi connectivity index (χ3v) is 11.0. The second-order valence-corrected chi connectivity index (χ2v) is 12.1. The number of carbonyl (C=O) groups excluding carboxylic acids is 2. The van der Waals surface area contributed by atoms with Crippen LogP contribution in [0.25, 0.3) is 0 Å². The number of carboxylic acids is 1. The fourth-order valence-electron chi connectivity index (χ4n) is 9.45. The van der Waals surface area contributed by atoms with E-state index in [0.717, 1.165) is 25.7 Å². The SMILES string of the molecule is C[C@H](CCC(=O)[O-])[C@H]1CCC2C3C(CC[C@@]21C)[C@]1(C)C(C[C@H](O)CC1C(=O)CN)C[C@H]3O.[K+]. The maximum Gasteiger partial charge on any atom is 1.00 e. The van der Waals surface area contributed by atoms with Crippen LogP contribution < -0.4 is 62.2 Å². The molecule has 0 heterocycles.